The Morgan fingerprint density at radius 2 is 2.27 bits per heavy atom. The van der Waals surface area contributed by atoms with Crippen LogP contribution >= 0.6 is 0 Å². The molecule has 1 saturated heterocycles. The van der Waals surface area contributed by atoms with Gasteiger partial charge in [0.2, 0.25) is 5.91 Å². The van der Waals surface area contributed by atoms with Crippen molar-refractivity contribution >= 4 is 17.9 Å². The highest BCUT2D eigenvalue weighted by atomic mass is 16.2. The highest BCUT2D eigenvalue weighted by molar-refractivity contribution is 5.95. The Kier molecular flexibility index (Phi) is 5.66. The predicted octanol–water partition coefficient (Wildman–Crippen LogP) is 0.794. The summed E-state index contributed by atoms with van der Waals surface area (Å²) in [5, 5.41) is 2.55. The maximum atomic E-state index is 12.3. The molecule has 2 heterocycles. The smallest absolute Gasteiger partial charge is 0.252 e. The molecule has 0 aliphatic carbocycles. The molecular formula is C16H22N4O2. The lowest BCUT2D eigenvalue weighted by Gasteiger charge is -2.34. The standard InChI is InChI=1S/C16H22N4O2/c1-18-16(22)13-8-12(10-19-11-13)5-6-15(21)20-7-3-2-4-14(20)9-17/h5-6,8,10-11,14H,2-4,7,9,17H2,1H3,(H,18,22). The zero-order valence-electron chi connectivity index (χ0n) is 12.8. The minimum Gasteiger partial charge on any atom is -0.355 e. The summed E-state index contributed by atoms with van der Waals surface area (Å²) in [6.45, 7) is 1.24. The van der Waals surface area contributed by atoms with Gasteiger partial charge in [0.1, 0.15) is 0 Å². The molecule has 1 aliphatic heterocycles. The van der Waals surface area contributed by atoms with Crippen LogP contribution in [0.3, 0.4) is 0 Å². The van der Waals surface area contributed by atoms with Crippen molar-refractivity contribution in [1.82, 2.24) is 15.2 Å². The minimum absolute atomic E-state index is 0.0412. The Morgan fingerprint density at radius 1 is 1.45 bits per heavy atom. The van der Waals surface area contributed by atoms with Gasteiger partial charge in [0.15, 0.2) is 0 Å². The minimum atomic E-state index is -0.201. The second kappa shape index (κ2) is 7.70. The predicted molar refractivity (Wildman–Crippen MR) is 85.1 cm³/mol. The van der Waals surface area contributed by atoms with Crippen LogP contribution in [0.25, 0.3) is 6.08 Å². The van der Waals surface area contributed by atoms with Crippen LogP contribution in [-0.4, -0.2) is 47.9 Å². The molecular weight excluding hydrogens is 280 g/mol. The lowest BCUT2D eigenvalue weighted by molar-refractivity contribution is -0.129. The van der Waals surface area contributed by atoms with Gasteiger partial charge in [-0.3, -0.25) is 14.6 Å². The van der Waals surface area contributed by atoms with Gasteiger partial charge in [-0.1, -0.05) is 0 Å². The molecule has 1 unspecified atom stereocenters. The molecule has 0 radical (unpaired) electrons. The van der Waals surface area contributed by atoms with E-state index < -0.39 is 0 Å². The largest absolute Gasteiger partial charge is 0.355 e. The van der Waals surface area contributed by atoms with Gasteiger partial charge in [-0.15, -0.1) is 0 Å². The number of amides is 2. The molecule has 1 aliphatic rings. The lowest BCUT2D eigenvalue weighted by Crippen LogP contribution is -2.46. The van der Waals surface area contributed by atoms with Gasteiger partial charge in [-0.25, -0.2) is 0 Å². The molecule has 1 aromatic rings. The van der Waals surface area contributed by atoms with Crippen molar-refractivity contribution in [3.05, 3.63) is 35.7 Å². The number of carbonyl (C=O) groups is 2. The number of rotatable bonds is 4. The van der Waals surface area contributed by atoms with Crippen LogP contribution in [0.5, 0.6) is 0 Å². The topological polar surface area (TPSA) is 88.3 Å². The molecule has 1 atom stereocenters. The average Bonchev–Trinajstić information content (AvgIpc) is 2.59. The van der Waals surface area contributed by atoms with Crippen molar-refractivity contribution in [2.24, 2.45) is 5.73 Å². The molecule has 0 bridgehead atoms. The van der Waals surface area contributed by atoms with Crippen LogP contribution in [0.1, 0.15) is 35.2 Å². The van der Waals surface area contributed by atoms with E-state index in [-0.39, 0.29) is 17.9 Å². The summed E-state index contributed by atoms with van der Waals surface area (Å²) in [4.78, 5) is 29.7. The molecule has 118 valence electrons. The van der Waals surface area contributed by atoms with Crippen molar-refractivity contribution in [3.8, 4) is 0 Å². The number of nitrogens with two attached hydrogens (primary N) is 1. The summed E-state index contributed by atoms with van der Waals surface area (Å²) in [5.41, 5.74) is 6.92. The van der Waals surface area contributed by atoms with Gasteiger partial charge < -0.3 is 16.0 Å². The van der Waals surface area contributed by atoms with E-state index in [1.54, 1.807) is 25.4 Å². The molecule has 2 rings (SSSR count). The Labute approximate surface area is 130 Å². The zero-order chi connectivity index (χ0) is 15.9. The summed E-state index contributed by atoms with van der Waals surface area (Å²) in [6.07, 6.45) is 9.42. The molecule has 0 saturated carbocycles. The van der Waals surface area contributed by atoms with Crippen LogP contribution in [0, 0.1) is 0 Å². The van der Waals surface area contributed by atoms with Crippen molar-refractivity contribution in [3.63, 3.8) is 0 Å². The first-order valence-electron chi connectivity index (χ1n) is 7.51. The van der Waals surface area contributed by atoms with E-state index in [0.29, 0.717) is 12.1 Å². The fourth-order valence-electron chi connectivity index (χ4n) is 2.62. The Balaban J connectivity index is 2.07. The molecule has 6 nitrogen and oxygen atoms in total. The number of hydrogen-bond acceptors (Lipinski definition) is 4. The van der Waals surface area contributed by atoms with Crippen LogP contribution in [-0.2, 0) is 4.79 Å². The van der Waals surface area contributed by atoms with E-state index in [0.717, 1.165) is 31.4 Å². The number of likely N-dealkylation sites (tertiary alicyclic amines) is 1. The quantitative estimate of drug-likeness (QED) is 0.805. The maximum Gasteiger partial charge on any atom is 0.252 e. The van der Waals surface area contributed by atoms with Gasteiger partial charge in [0.05, 0.1) is 5.56 Å². The number of nitrogens with zero attached hydrogens (tertiary/aromatic N) is 2. The second-order valence-electron chi connectivity index (χ2n) is 5.34. The van der Waals surface area contributed by atoms with Crippen molar-refractivity contribution in [2.45, 2.75) is 25.3 Å². The molecule has 1 aromatic heterocycles. The molecule has 0 aromatic carbocycles. The van der Waals surface area contributed by atoms with E-state index in [9.17, 15) is 9.59 Å². The van der Waals surface area contributed by atoms with Crippen molar-refractivity contribution in [1.29, 1.82) is 0 Å². The summed E-state index contributed by atoms with van der Waals surface area (Å²) in [6, 6.07) is 1.83. The first kappa shape index (κ1) is 16.2. The first-order valence-corrected chi connectivity index (χ1v) is 7.51. The Hall–Kier alpha value is -2.21. The number of pyridine rings is 1. The van der Waals surface area contributed by atoms with E-state index >= 15 is 0 Å². The molecule has 2 amide bonds. The summed E-state index contributed by atoms with van der Waals surface area (Å²) in [7, 11) is 1.57. The van der Waals surface area contributed by atoms with E-state index in [1.807, 2.05) is 4.90 Å². The van der Waals surface area contributed by atoms with Crippen LogP contribution in [0.4, 0.5) is 0 Å². The monoisotopic (exact) mass is 302 g/mol. The van der Waals surface area contributed by atoms with E-state index in [2.05, 4.69) is 10.3 Å². The van der Waals surface area contributed by atoms with Crippen LogP contribution in [0.2, 0.25) is 0 Å². The molecule has 3 N–H and O–H groups in total. The average molecular weight is 302 g/mol. The normalized spacial score (nSPS) is 18.5. The zero-order valence-corrected chi connectivity index (χ0v) is 12.8. The second-order valence-corrected chi connectivity index (χ2v) is 5.34. The summed E-state index contributed by atoms with van der Waals surface area (Å²) >= 11 is 0. The number of hydrogen-bond donors (Lipinski definition) is 2. The van der Waals surface area contributed by atoms with Crippen molar-refractivity contribution in [2.75, 3.05) is 20.1 Å². The highest BCUT2D eigenvalue weighted by Crippen LogP contribution is 2.17. The summed E-state index contributed by atoms with van der Waals surface area (Å²) in [5.74, 6) is -0.242. The van der Waals surface area contributed by atoms with Gasteiger partial charge in [-0.05, 0) is 37.0 Å². The van der Waals surface area contributed by atoms with Crippen LogP contribution < -0.4 is 11.1 Å². The van der Waals surface area contributed by atoms with Gasteiger partial charge in [0.25, 0.3) is 5.91 Å². The fraction of sp³-hybridized carbons (Fsp3) is 0.438. The van der Waals surface area contributed by atoms with Crippen molar-refractivity contribution < 1.29 is 9.59 Å². The molecule has 22 heavy (non-hydrogen) atoms. The van der Waals surface area contributed by atoms with E-state index in [1.165, 1.54) is 12.3 Å². The van der Waals surface area contributed by atoms with Gasteiger partial charge >= 0.3 is 0 Å². The molecule has 6 heteroatoms. The van der Waals surface area contributed by atoms with Crippen LogP contribution in [0.15, 0.2) is 24.5 Å². The summed E-state index contributed by atoms with van der Waals surface area (Å²) < 4.78 is 0. The third-order valence-corrected chi connectivity index (χ3v) is 3.85. The number of nitrogens with one attached hydrogen (secondary N) is 1. The number of aromatic nitrogens is 1. The van der Waals surface area contributed by atoms with Gasteiger partial charge in [-0.2, -0.15) is 0 Å². The SMILES string of the molecule is CNC(=O)c1cncc(C=CC(=O)N2CCCCC2CN)c1. The lowest BCUT2D eigenvalue weighted by atomic mass is 10.0. The molecule has 0 spiro atoms. The Morgan fingerprint density at radius 3 is 3.00 bits per heavy atom. The van der Waals surface area contributed by atoms with Gasteiger partial charge in [0, 0.05) is 44.6 Å². The number of piperidine rings is 1. The first-order chi connectivity index (χ1) is 10.7. The third kappa shape index (κ3) is 3.92. The highest BCUT2D eigenvalue weighted by Gasteiger charge is 2.23. The maximum absolute atomic E-state index is 12.3. The number of carbonyl (C=O) groups excluding carboxylic acids is 2. The Bertz CT molecular complexity index is 571. The van der Waals surface area contributed by atoms with E-state index in [4.69, 9.17) is 5.73 Å². The third-order valence-electron chi connectivity index (χ3n) is 3.85. The molecule has 1 fully saturated rings. The fourth-order valence-corrected chi connectivity index (χ4v) is 2.62.